The lowest BCUT2D eigenvalue weighted by molar-refractivity contribution is -0.141. The van der Waals surface area contributed by atoms with Crippen molar-refractivity contribution in [1.29, 1.82) is 0 Å². The molecule has 0 unspecified atom stereocenters. The smallest absolute Gasteiger partial charge is 0.433 e. The maximum absolute atomic E-state index is 13.2. The van der Waals surface area contributed by atoms with Crippen molar-refractivity contribution in [1.82, 2.24) is 24.6 Å². The SMILES string of the molecule is COc1cc(-c2nc3c4sc5nc(C(F)(F)F)cc(C)c5c4ncn3n2)ccc1OC(F)F. The molecule has 0 amide bonds. The van der Waals surface area contributed by atoms with Gasteiger partial charge in [0.2, 0.25) is 0 Å². The van der Waals surface area contributed by atoms with Crippen LogP contribution in [0.5, 0.6) is 11.5 Å². The van der Waals surface area contributed by atoms with Gasteiger partial charge in [-0.3, -0.25) is 0 Å². The van der Waals surface area contributed by atoms with Gasteiger partial charge < -0.3 is 9.47 Å². The fourth-order valence-electron chi connectivity index (χ4n) is 3.48. The molecule has 4 aromatic heterocycles. The van der Waals surface area contributed by atoms with Gasteiger partial charge in [0.1, 0.15) is 21.6 Å². The molecular weight excluding hydrogens is 469 g/mol. The summed E-state index contributed by atoms with van der Waals surface area (Å²) < 4.78 is 76.2. The van der Waals surface area contributed by atoms with E-state index in [1.807, 2.05) is 0 Å². The normalized spacial score (nSPS) is 12.4. The van der Waals surface area contributed by atoms with Gasteiger partial charge in [-0.05, 0) is 36.8 Å². The zero-order valence-corrected chi connectivity index (χ0v) is 17.6. The Morgan fingerprint density at radius 3 is 2.58 bits per heavy atom. The van der Waals surface area contributed by atoms with Crippen molar-refractivity contribution in [2.45, 2.75) is 19.7 Å². The van der Waals surface area contributed by atoms with Crippen LogP contribution in [0.1, 0.15) is 11.3 Å². The lowest BCUT2D eigenvalue weighted by Crippen LogP contribution is -2.07. The molecule has 0 radical (unpaired) electrons. The molecule has 0 spiro atoms. The Morgan fingerprint density at radius 2 is 1.88 bits per heavy atom. The first-order chi connectivity index (χ1) is 15.7. The minimum absolute atomic E-state index is 0.0660. The van der Waals surface area contributed by atoms with Crippen LogP contribution in [0.3, 0.4) is 0 Å². The summed E-state index contributed by atoms with van der Waals surface area (Å²) in [5.74, 6) is 0.163. The van der Waals surface area contributed by atoms with Crippen molar-refractivity contribution in [2.24, 2.45) is 0 Å². The summed E-state index contributed by atoms with van der Waals surface area (Å²) in [4.78, 5) is 12.8. The Labute approximate surface area is 185 Å². The van der Waals surface area contributed by atoms with Gasteiger partial charge in [0.25, 0.3) is 0 Å². The fraction of sp³-hybridized carbons (Fsp3) is 0.200. The van der Waals surface area contributed by atoms with Crippen LogP contribution in [0.15, 0.2) is 30.6 Å². The predicted octanol–water partition coefficient (Wildman–Crippen LogP) is 5.49. The molecular formula is C20H12F5N5O2S. The van der Waals surface area contributed by atoms with Crippen LogP contribution in [0.4, 0.5) is 22.0 Å². The van der Waals surface area contributed by atoms with E-state index in [4.69, 9.17) is 4.74 Å². The first-order valence-corrected chi connectivity index (χ1v) is 10.1. The molecule has 0 fully saturated rings. The van der Waals surface area contributed by atoms with E-state index in [0.29, 0.717) is 32.4 Å². The first-order valence-electron chi connectivity index (χ1n) is 9.31. The number of hydrogen-bond donors (Lipinski definition) is 0. The molecule has 7 nitrogen and oxygen atoms in total. The van der Waals surface area contributed by atoms with Crippen LogP contribution >= 0.6 is 11.3 Å². The lowest BCUT2D eigenvalue weighted by Gasteiger charge is -2.10. The standard InChI is InChI=1S/C20H12F5N5O2S/c1-8-5-12(20(23,24)25)27-18-13(8)14-15(33-18)17-28-16(29-30(17)7-26-14)9-3-4-10(32-19(21)22)11(6-9)31-2/h3-7,19H,1-2H3. The zero-order valence-electron chi connectivity index (χ0n) is 16.8. The van der Waals surface area contributed by atoms with Crippen molar-refractivity contribution in [3.8, 4) is 22.9 Å². The van der Waals surface area contributed by atoms with Crippen molar-refractivity contribution in [3.63, 3.8) is 0 Å². The van der Waals surface area contributed by atoms with Gasteiger partial charge in [-0.25, -0.2) is 19.5 Å². The van der Waals surface area contributed by atoms with E-state index in [1.165, 1.54) is 36.2 Å². The van der Waals surface area contributed by atoms with E-state index in [9.17, 15) is 22.0 Å². The third-order valence-corrected chi connectivity index (χ3v) is 5.96. The molecule has 5 aromatic rings. The Kier molecular flexibility index (Phi) is 4.81. The average Bonchev–Trinajstić information content (AvgIpc) is 3.34. The highest BCUT2D eigenvalue weighted by atomic mass is 32.1. The van der Waals surface area contributed by atoms with E-state index < -0.39 is 18.5 Å². The quantitative estimate of drug-likeness (QED) is 0.316. The number of ether oxygens (including phenoxy) is 2. The number of benzene rings is 1. The summed E-state index contributed by atoms with van der Waals surface area (Å²) in [5, 5.41) is 4.87. The summed E-state index contributed by atoms with van der Waals surface area (Å²) in [6.45, 7) is -1.44. The maximum atomic E-state index is 13.2. The van der Waals surface area contributed by atoms with Crippen LogP contribution in [0.25, 0.3) is 37.5 Å². The number of hydrogen-bond acceptors (Lipinski definition) is 7. The number of pyridine rings is 1. The van der Waals surface area contributed by atoms with Gasteiger partial charge in [-0.15, -0.1) is 16.4 Å². The Bertz CT molecular complexity index is 1530. The molecule has 0 saturated heterocycles. The predicted molar refractivity (Wildman–Crippen MR) is 110 cm³/mol. The summed E-state index contributed by atoms with van der Waals surface area (Å²) >= 11 is 1.04. The van der Waals surface area contributed by atoms with Crippen LogP contribution in [-0.2, 0) is 6.18 Å². The molecule has 0 saturated carbocycles. The minimum Gasteiger partial charge on any atom is -0.493 e. The second-order valence-corrected chi connectivity index (χ2v) is 7.97. The Morgan fingerprint density at radius 1 is 1.09 bits per heavy atom. The molecule has 4 heterocycles. The van der Waals surface area contributed by atoms with Gasteiger partial charge in [0, 0.05) is 10.9 Å². The van der Waals surface area contributed by atoms with Gasteiger partial charge in [-0.1, -0.05) is 0 Å². The topological polar surface area (TPSA) is 74.4 Å². The molecule has 0 aliphatic carbocycles. The monoisotopic (exact) mass is 481 g/mol. The highest BCUT2D eigenvalue weighted by Gasteiger charge is 2.33. The summed E-state index contributed by atoms with van der Waals surface area (Å²) in [6.07, 6.45) is -3.16. The van der Waals surface area contributed by atoms with E-state index in [-0.39, 0.29) is 22.2 Å². The van der Waals surface area contributed by atoms with Crippen molar-refractivity contribution in [3.05, 3.63) is 41.9 Å². The molecule has 0 N–H and O–H groups in total. The van der Waals surface area contributed by atoms with Crippen LogP contribution < -0.4 is 9.47 Å². The van der Waals surface area contributed by atoms with Crippen molar-refractivity contribution < 1.29 is 31.4 Å². The molecule has 0 aliphatic rings. The molecule has 170 valence electrons. The average molecular weight is 481 g/mol. The van der Waals surface area contributed by atoms with Crippen molar-refractivity contribution >= 4 is 37.4 Å². The Hall–Kier alpha value is -3.61. The molecule has 0 bridgehead atoms. The van der Waals surface area contributed by atoms with Gasteiger partial charge >= 0.3 is 12.8 Å². The number of alkyl halides is 5. The fourth-order valence-corrected chi connectivity index (χ4v) is 4.66. The molecule has 5 rings (SSSR count). The first kappa shape index (κ1) is 21.2. The largest absolute Gasteiger partial charge is 0.493 e. The molecule has 33 heavy (non-hydrogen) atoms. The van der Waals surface area contributed by atoms with E-state index >= 15 is 0 Å². The molecule has 0 atom stereocenters. The zero-order chi connectivity index (χ0) is 23.5. The summed E-state index contributed by atoms with van der Waals surface area (Å²) in [6, 6.07) is 5.24. The van der Waals surface area contributed by atoms with Crippen LogP contribution in [0.2, 0.25) is 0 Å². The number of halogens is 5. The summed E-state index contributed by atoms with van der Waals surface area (Å²) in [7, 11) is 1.31. The molecule has 13 heteroatoms. The molecule has 1 aromatic carbocycles. The second-order valence-electron chi connectivity index (χ2n) is 6.97. The van der Waals surface area contributed by atoms with Gasteiger partial charge in [0.15, 0.2) is 23.0 Å². The highest BCUT2D eigenvalue weighted by Crippen LogP contribution is 2.39. The minimum atomic E-state index is -4.57. The second kappa shape index (κ2) is 7.47. The number of methoxy groups -OCH3 is 1. The number of aromatic nitrogens is 5. The van der Waals surface area contributed by atoms with E-state index in [2.05, 4.69) is 24.8 Å². The van der Waals surface area contributed by atoms with Crippen molar-refractivity contribution in [2.75, 3.05) is 7.11 Å². The Balaban J connectivity index is 1.67. The third kappa shape index (κ3) is 3.57. The third-order valence-electron chi connectivity index (χ3n) is 4.89. The van der Waals surface area contributed by atoms with Gasteiger partial charge in [-0.2, -0.15) is 22.0 Å². The number of rotatable bonds is 4. The molecule has 0 aliphatic heterocycles. The number of nitrogens with zero attached hydrogens (tertiary/aromatic N) is 5. The van der Waals surface area contributed by atoms with Gasteiger partial charge in [0.05, 0.1) is 12.6 Å². The maximum Gasteiger partial charge on any atom is 0.433 e. The van der Waals surface area contributed by atoms with E-state index in [0.717, 1.165) is 17.4 Å². The summed E-state index contributed by atoms with van der Waals surface area (Å²) in [5.41, 5.74) is 0.723. The number of aryl methyl sites for hydroxylation is 1. The van der Waals surface area contributed by atoms with Crippen LogP contribution in [0, 0.1) is 6.92 Å². The van der Waals surface area contributed by atoms with E-state index in [1.54, 1.807) is 6.92 Å². The highest BCUT2D eigenvalue weighted by molar-refractivity contribution is 7.26. The van der Waals surface area contributed by atoms with Crippen LogP contribution in [-0.4, -0.2) is 38.3 Å². The lowest BCUT2D eigenvalue weighted by atomic mass is 10.1. The number of fused-ring (bicyclic) bond motifs is 5. The number of thiophene rings is 1.